The fraction of sp³-hybridized carbons (Fsp3) is 0.188. The summed E-state index contributed by atoms with van der Waals surface area (Å²) in [6.45, 7) is 1.91. The minimum atomic E-state index is -0.529. The summed E-state index contributed by atoms with van der Waals surface area (Å²) >= 11 is 0. The molecular formula is C16H15N3O2. The van der Waals surface area contributed by atoms with E-state index in [2.05, 4.69) is 10.3 Å². The van der Waals surface area contributed by atoms with E-state index >= 15 is 0 Å². The molecule has 1 atom stereocenters. The lowest BCUT2D eigenvalue weighted by atomic mass is 10.2. The Morgan fingerprint density at radius 1 is 1.19 bits per heavy atom. The van der Waals surface area contributed by atoms with Crippen LogP contribution in [-0.2, 0) is 9.59 Å². The van der Waals surface area contributed by atoms with Crippen molar-refractivity contribution in [3.05, 3.63) is 54.4 Å². The molecule has 1 fully saturated rings. The maximum Gasteiger partial charge on any atom is 0.256 e. The van der Waals surface area contributed by atoms with E-state index in [1.807, 2.05) is 25.1 Å². The zero-order chi connectivity index (χ0) is 14.8. The first-order chi connectivity index (χ1) is 10.2. The van der Waals surface area contributed by atoms with E-state index in [4.69, 9.17) is 0 Å². The fourth-order valence-corrected chi connectivity index (χ4v) is 2.42. The number of aryl methyl sites for hydroxylation is 1. The number of carbonyl (C=O) groups is 2. The summed E-state index contributed by atoms with van der Waals surface area (Å²) in [7, 11) is 0. The summed E-state index contributed by atoms with van der Waals surface area (Å²) in [4.78, 5) is 29.8. The van der Waals surface area contributed by atoms with E-state index in [9.17, 15) is 9.59 Å². The Morgan fingerprint density at radius 2 is 1.95 bits per heavy atom. The number of hydrogen-bond acceptors (Lipinski definition) is 4. The molecule has 1 unspecified atom stereocenters. The van der Waals surface area contributed by atoms with Crippen LogP contribution in [0, 0.1) is 6.92 Å². The summed E-state index contributed by atoms with van der Waals surface area (Å²) in [5.74, 6) is -0.405. The Kier molecular flexibility index (Phi) is 3.39. The monoisotopic (exact) mass is 281 g/mol. The molecule has 0 radical (unpaired) electrons. The van der Waals surface area contributed by atoms with Crippen LogP contribution in [0.2, 0.25) is 0 Å². The SMILES string of the molecule is Cc1cnccc1NC1CC(=O)N(c2ccccc2)C1=O. The average molecular weight is 281 g/mol. The Balaban J connectivity index is 1.83. The van der Waals surface area contributed by atoms with Crippen molar-refractivity contribution in [3.8, 4) is 0 Å². The molecule has 2 aromatic rings. The third-order valence-electron chi connectivity index (χ3n) is 3.51. The van der Waals surface area contributed by atoms with Gasteiger partial charge < -0.3 is 5.32 Å². The van der Waals surface area contributed by atoms with Crippen molar-refractivity contribution in [3.63, 3.8) is 0 Å². The third kappa shape index (κ3) is 2.50. The highest BCUT2D eigenvalue weighted by molar-refractivity contribution is 6.23. The van der Waals surface area contributed by atoms with Crippen LogP contribution in [0.3, 0.4) is 0 Å². The lowest BCUT2D eigenvalue weighted by Crippen LogP contribution is -2.34. The molecule has 1 aromatic carbocycles. The summed E-state index contributed by atoms with van der Waals surface area (Å²) in [5, 5.41) is 3.14. The first kappa shape index (κ1) is 13.3. The lowest BCUT2D eigenvalue weighted by Gasteiger charge is -2.16. The van der Waals surface area contributed by atoms with Gasteiger partial charge in [0.1, 0.15) is 6.04 Å². The summed E-state index contributed by atoms with van der Waals surface area (Å²) in [6, 6.07) is 10.3. The Bertz CT molecular complexity index is 685. The first-order valence-corrected chi connectivity index (χ1v) is 6.76. The lowest BCUT2D eigenvalue weighted by molar-refractivity contribution is -0.121. The molecule has 21 heavy (non-hydrogen) atoms. The zero-order valence-electron chi connectivity index (χ0n) is 11.6. The Morgan fingerprint density at radius 3 is 2.67 bits per heavy atom. The average Bonchev–Trinajstić information content (AvgIpc) is 2.77. The van der Waals surface area contributed by atoms with E-state index in [-0.39, 0.29) is 18.2 Å². The highest BCUT2D eigenvalue weighted by Crippen LogP contribution is 2.25. The molecule has 1 saturated heterocycles. The van der Waals surface area contributed by atoms with Crippen LogP contribution in [0.4, 0.5) is 11.4 Å². The van der Waals surface area contributed by atoms with Crippen molar-refractivity contribution < 1.29 is 9.59 Å². The highest BCUT2D eigenvalue weighted by Gasteiger charge is 2.39. The van der Waals surface area contributed by atoms with Crippen LogP contribution in [0.1, 0.15) is 12.0 Å². The van der Waals surface area contributed by atoms with Gasteiger partial charge in [-0.3, -0.25) is 14.6 Å². The van der Waals surface area contributed by atoms with Crippen LogP contribution < -0.4 is 10.2 Å². The van der Waals surface area contributed by atoms with E-state index in [1.54, 1.807) is 30.6 Å². The van der Waals surface area contributed by atoms with Crippen molar-refractivity contribution >= 4 is 23.2 Å². The molecule has 1 aliphatic heterocycles. The maximum absolute atomic E-state index is 12.5. The molecular weight excluding hydrogens is 266 g/mol. The summed E-state index contributed by atoms with van der Waals surface area (Å²) in [5.41, 5.74) is 2.38. The Hall–Kier alpha value is -2.69. The second-order valence-electron chi connectivity index (χ2n) is 4.99. The van der Waals surface area contributed by atoms with Gasteiger partial charge in [-0.15, -0.1) is 0 Å². The zero-order valence-corrected chi connectivity index (χ0v) is 11.6. The predicted octanol–water partition coefficient (Wildman–Crippen LogP) is 2.13. The van der Waals surface area contributed by atoms with E-state index in [1.165, 1.54) is 4.90 Å². The van der Waals surface area contributed by atoms with E-state index in [0.29, 0.717) is 5.69 Å². The molecule has 0 bridgehead atoms. The standard InChI is InChI=1S/C16H15N3O2/c1-11-10-17-8-7-13(11)18-14-9-15(20)19(16(14)21)12-5-3-2-4-6-12/h2-8,10,14H,9H2,1H3,(H,17,18). The number of para-hydroxylation sites is 1. The number of benzene rings is 1. The van der Waals surface area contributed by atoms with Gasteiger partial charge in [0.15, 0.2) is 0 Å². The molecule has 3 rings (SSSR count). The minimum Gasteiger partial charge on any atom is -0.373 e. The van der Waals surface area contributed by atoms with Gasteiger partial charge in [-0.1, -0.05) is 18.2 Å². The third-order valence-corrected chi connectivity index (χ3v) is 3.51. The second-order valence-corrected chi connectivity index (χ2v) is 4.99. The molecule has 1 aliphatic rings. The van der Waals surface area contributed by atoms with Gasteiger partial charge in [-0.2, -0.15) is 0 Å². The Labute approximate surface area is 122 Å². The molecule has 5 nitrogen and oxygen atoms in total. The number of imide groups is 1. The molecule has 106 valence electrons. The topological polar surface area (TPSA) is 62.3 Å². The predicted molar refractivity (Wildman–Crippen MR) is 79.9 cm³/mol. The van der Waals surface area contributed by atoms with Gasteiger partial charge in [0.05, 0.1) is 12.1 Å². The van der Waals surface area contributed by atoms with Crippen molar-refractivity contribution in [2.45, 2.75) is 19.4 Å². The molecule has 2 amide bonds. The van der Waals surface area contributed by atoms with Gasteiger partial charge in [-0.25, -0.2) is 4.90 Å². The number of amides is 2. The number of hydrogen-bond donors (Lipinski definition) is 1. The highest BCUT2D eigenvalue weighted by atomic mass is 16.2. The van der Waals surface area contributed by atoms with Crippen molar-refractivity contribution in [2.75, 3.05) is 10.2 Å². The summed E-state index contributed by atoms with van der Waals surface area (Å²) in [6.07, 6.45) is 3.54. The number of carbonyl (C=O) groups excluding carboxylic acids is 2. The van der Waals surface area contributed by atoms with Gasteiger partial charge in [-0.05, 0) is 30.7 Å². The molecule has 0 spiro atoms. The molecule has 1 N–H and O–H groups in total. The quantitative estimate of drug-likeness (QED) is 0.875. The van der Waals surface area contributed by atoms with E-state index < -0.39 is 6.04 Å². The maximum atomic E-state index is 12.5. The van der Waals surface area contributed by atoms with Gasteiger partial charge in [0.2, 0.25) is 5.91 Å². The van der Waals surface area contributed by atoms with Crippen molar-refractivity contribution in [1.82, 2.24) is 4.98 Å². The molecule has 5 heteroatoms. The first-order valence-electron chi connectivity index (χ1n) is 6.76. The van der Waals surface area contributed by atoms with Crippen molar-refractivity contribution in [2.24, 2.45) is 0 Å². The van der Waals surface area contributed by atoms with Gasteiger partial charge in [0, 0.05) is 18.1 Å². The van der Waals surface area contributed by atoms with Crippen LogP contribution in [0.15, 0.2) is 48.8 Å². The minimum absolute atomic E-state index is 0.162. The number of aromatic nitrogens is 1. The normalized spacial score (nSPS) is 18.1. The molecule has 0 aliphatic carbocycles. The van der Waals surface area contributed by atoms with Gasteiger partial charge in [0.25, 0.3) is 5.91 Å². The van der Waals surface area contributed by atoms with Crippen LogP contribution in [-0.4, -0.2) is 22.8 Å². The van der Waals surface area contributed by atoms with Crippen LogP contribution in [0.25, 0.3) is 0 Å². The number of pyridine rings is 1. The van der Waals surface area contributed by atoms with Crippen molar-refractivity contribution in [1.29, 1.82) is 0 Å². The fourth-order valence-electron chi connectivity index (χ4n) is 2.42. The summed E-state index contributed by atoms with van der Waals surface area (Å²) < 4.78 is 0. The number of nitrogens with zero attached hydrogens (tertiary/aromatic N) is 2. The van der Waals surface area contributed by atoms with Crippen LogP contribution >= 0.6 is 0 Å². The second kappa shape index (κ2) is 5.36. The van der Waals surface area contributed by atoms with Crippen LogP contribution in [0.5, 0.6) is 0 Å². The molecule has 1 aromatic heterocycles. The van der Waals surface area contributed by atoms with Gasteiger partial charge >= 0.3 is 0 Å². The largest absolute Gasteiger partial charge is 0.373 e. The number of rotatable bonds is 3. The number of anilines is 2. The molecule has 0 saturated carbocycles. The molecule has 2 heterocycles. The van der Waals surface area contributed by atoms with E-state index in [0.717, 1.165) is 11.3 Å². The number of nitrogens with one attached hydrogen (secondary N) is 1. The smallest absolute Gasteiger partial charge is 0.256 e.